The van der Waals surface area contributed by atoms with Crippen LogP contribution in [0, 0.1) is 19.7 Å². The van der Waals surface area contributed by atoms with Crippen LogP contribution >= 0.6 is 11.3 Å². The van der Waals surface area contributed by atoms with Crippen LogP contribution in [0.4, 0.5) is 14.9 Å². The van der Waals surface area contributed by atoms with E-state index in [2.05, 4.69) is 24.9 Å². The third-order valence-corrected chi connectivity index (χ3v) is 7.31. The molecule has 0 aliphatic carbocycles. The van der Waals surface area contributed by atoms with E-state index in [1.54, 1.807) is 34.1 Å². The first-order valence-electron chi connectivity index (χ1n) is 12.0. The number of anilines is 1. The molecule has 0 saturated heterocycles. The number of nitrogens with zero attached hydrogens (tertiary/aromatic N) is 6. The summed E-state index contributed by atoms with van der Waals surface area (Å²) in [5.74, 6) is 0.225. The Labute approximate surface area is 227 Å². The third kappa shape index (κ3) is 5.15. The number of pyridine rings is 2. The fourth-order valence-corrected chi connectivity index (χ4v) is 5.12. The van der Waals surface area contributed by atoms with Crippen LogP contribution < -0.4 is 14.4 Å². The summed E-state index contributed by atoms with van der Waals surface area (Å²) < 4.78 is 26.2. The first-order valence-corrected chi connectivity index (χ1v) is 12.9. The van der Waals surface area contributed by atoms with E-state index in [0.29, 0.717) is 26.9 Å². The second-order valence-corrected chi connectivity index (χ2v) is 10.1. The molecule has 5 rings (SSSR count). The van der Waals surface area contributed by atoms with Crippen LogP contribution in [-0.4, -0.2) is 55.4 Å². The zero-order valence-corrected chi connectivity index (χ0v) is 22.7. The number of rotatable bonds is 7. The Bertz CT molecular complexity index is 1690. The molecule has 10 nitrogen and oxygen atoms in total. The SMILES string of the molecule is COc1cnc2c(-c3nc4cc(F)c(O[C@@H](C)[C@@H](C)N(C(=O)O)c5cnc(C)nc5)nc4s3)cc(C)cc2c1. The smallest absolute Gasteiger partial charge is 0.412 e. The van der Waals surface area contributed by atoms with E-state index in [9.17, 15) is 9.90 Å². The molecule has 4 aromatic heterocycles. The van der Waals surface area contributed by atoms with E-state index in [1.807, 2.05) is 25.1 Å². The highest BCUT2D eigenvalue weighted by atomic mass is 32.1. The number of aryl methyl sites for hydroxylation is 2. The van der Waals surface area contributed by atoms with Gasteiger partial charge in [0, 0.05) is 17.0 Å². The summed E-state index contributed by atoms with van der Waals surface area (Å²) in [6.45, 7) is 6.99. The van der Waals surface area contributed by atoms with Crippen LogP contribution in [0.1, 0.15) is 25.2 Å². The number of carboxylic acid groups (broad SMARTS) is 1. The zero-order valence-electron chi connectivity index (χ0n) is 21.8. The third-order valence-electron chi connectivity index (χ3n) is 6.31. The van der Waals surface area contributed by atoms with Gasteiger partial charge in [-0.3, -0.25) is 9.88 Å². The van der Waals surface area contributed by atoms with Crippen LogP contribution in [0.15, 0.2) is 42.9 Å². The molecule has 0 fully saturated rings. The Morgan fingerprint density at radius 1 is 1.05 bits per heavy atom. The van der Waals surface area contributed by atoms with Crippen molar-refractivity contribution >= 4 is 44.4 Å². The van der Waals surface area contributed by atoms with E-state index < -0.39 is 24.1 Å². The maximum atomic E-state index is 15.1. The summed E-state index contributed by atoms with van der Waals surface area (Å²) in [7, 11) is 1.59. The van der Waals surface area contributed by atoms with Gasteiger partial charge in [-0.05, 0) is 51.5 Å². The van der Waals surface area contributed by atoms with E-state index in [1.165, 1.54) is 29.8 Å². The Balaban J connectivity index is 1.46. The van der Waals surface area contributed by atoms with Gasteiger partial charge in [-0.2, -0.15) is 4.98 Å². The summed E-state index contributed by atoms with van der Waals surface area (Å²) >= 11 is 1.29. The predicted molar refractivity (Wildman–Crippen MR) is 146 cm³/mol. The van der Waals surface area contributed by atoms with Crippen molar-refractivity contribution in [2.24, 2.45) is 0 Å². The number of amides is 1. The average molecular weight is 549 g/mol. The Kier molecular flexibility index (Phi) is 6.96. The van der Waals surface area contributed by atoms with Crippen molar-refractivity contribution in [3.63, 3.8) is 0 Å². The molecule has 2 atom stereocenters. The Hall–Kier alpha value is -4.45. The molecule has 39 heavy (non-hydrogen) atoms. The molecule has 4 heterocycles. The zero-order chi connectivity index (χ0) is 27.8. The molecule has 12 heteroatoms. The van der Waals surface area contributed by atoms with E-state index in [0.717, 1.165) is 26.9 Å². The second-order valence-electron chi connectivity index (χ2n) is 9.08. The molecule has 1 N–H and O–H groups in total. The standard InChI is InChI=1S/C27H25FN6O4S/c1-13-6-17-8-19(37-5)12-31-23(17)20(7-13)25-32-22-9-21(28)24(33-26(22)39-25)38-15(3)14(2)34(27(35)36)18-10-29-16(4)30-11-18/h6-12,14-15H,1-5H3,(H,35,36)/t14-,15+/m1/s1. The maximum absolute atomic E-state index is 15.1. The topological polar surface area (TPSA) is 123 Å². The van der Waals surface area contributed by atoms with Gasteiger partial charge in [-0.1, -0.05) is 11.3 Å². The molecule has 200 valence electrons. The van der Waals surface area contributed by atoms with Gasteiger partial charge in [-0.15, -0.1) is 0 Å². The first kappa shape index (κ1) is 26.2. The fourth-order valence-electron chi connectivity index (χ4n) is 4.19. The molecule has 0 aliphatic rings. The summed E-state index contributed by atoms with van der Waals surface area (Å²) in [6, 6.07) is 6.46. The highest BCUT2D eigenvalue weighted by Crippen LogP contribution is 2.36. The lowest BCUT2D eigenvalue weighted by atomic mass is 10.1. The van der Waals surface area contributed by atoms with Gasteiger partial charge in [0.05, 0.1) is 42.9 Å². The van der Waals surface area contributed by atoms with Crippen molar-refractivity contribution in [1.29, 1.82) is 0 Å². The average Bonchev–Trinajstić information content (AvgIpc) is 3.31. The summed E-state index contributed by atoms with van der Waals surface area (Å²) in [4.78, 5) is 35.3. The minimum atomic E-state index is -1.21. The molecule has 0 bridgehead atoms. The first-order chi connectivity index (χ1) is 18.6. The number of carbonyl (C=O) groups is 1. The lowest BCUT2D eigenvalue weighted by molar-refractivity contribution is 0.162. The van der Waals surface area contributed by atoms with E-state index in [4.69, 9.17) is 9.47 Å². The van der Waals surface area contributed by atoms with Crippen molar-refractivity contribution in [1.82, 2.24) is 24.9 Å². The summed E-state index contributed by atoms with van der Waals surface area (Å²) in [6.07, 6.45) is 2.52. The molecular weight excluding hydrogens is 523 g/mol. The van der Waals surface area contributed by atoms with Crippen LogP contribution in [0.3, 0.4) is 0 Å². The van der Waals surface area contributed by atoms with Crippen LogP contribution in [0.5, 0.6) is 11.6 Å². The molecule has 0 unspecified atom stereocenters. The fraction of sp³-hybridized carbons (Fsp3) is 0.259. The number of halogens is 1. The van der Waals surface area contributed by atoms with Crippen molar-refractivity contribution in [2.45, 2.75) is 39.8 Å². The minimum absolute atomic E-state index is 0.237. The van der Waals surface area contributed by atoms with Gasteiger partial charge in [-0.25, -0.2) is 24.1 Å². The number of ether oxygens (including phenoxy) is 2. The number of thiazole rings is 1. The van der Waals surface area contributed by atoms with Crippen molar-refractivity contribution in [2.75, 3.05) is 12.0 Å². The highest BCUT2D eigenvalue weighted by Gasteiger charge is 2.29. The van der Waals surface area contributed by atoms with Crippen molar-refractivity contribution < 1.29 is 23.8 Å². The predicted octanol–water partition coefficient (Wildman–Crippen LogP) is 5.80. The number of hydrogen-bond acceptors (Lipinski definition) is 9. The van der Waals surface area contributed by atoms with E-state index >= 15 is 4.39 Å². The molecule has 1 amide bonds. The number of fused-ring (bicyclic) bond motifs is 2. The number of hydrogen-bond donors (Lipinski definition) is 1. The van der Waals surface area contributed by atoms with Crippen LogP contribution in [-0.2, 0) is 0 Å². The van der Waals surface area contributed by atoms with E-state index in [-0.39, 0.29) is 11.6 Å². The molecule has 0 aliphatic heterocycles. The molecule has 1 aromatic carbocycles. The van der Waals surface area contributed by atoms with Gasteiger partial charge in [0.1, 0.15) is 33.0 Å². The van der Waals surface area contributed by atoms with Crippen molar-refractivity contribution in [3.8, 4) is 22.2 Å². The number of benzene rings is 1. The largest absolute Gasteiger partial charge is 0.495 e. The molecule has 0 radical (unpaired) electrons. The van der Waals surface area contributed by atoms with Gasteiger partial charge in [0.2, 0.25) is 0 Å². The molecule has 0 spiro atoms. The van der Waals surface area contributed by atoms with Gasteiger partial charge >= 0.3 is 6.09 Å². The summed E-state index contributed by atoms with van der Waals surface area (Å²) in [5, 5.41) is 11.4. The molecular formula is C27H25FN6O4S. The highest BCUT2D eigenvalue weighted by molar-refractivity contribution is 7.21. The molecule has 0 saturated carbocycles. The number of aromatic nitrogens is 5. The lowest BCUT2D eigenvalue weighted by Crippen LogP contribution is -2.46. The van der Waals surface area contributed by atoms with Gasteiger partial charge in [0.25, 0.3) is 5.88 Å². The minimum Gasteiger partial charge on any atom is -0.495 e. The van der Waals surface area contributed by atoms with Crippen molar-refractivity contribution in [3.05, 3.63) is 60.1 Å². The van der Waals surface area contributed by atoms with Gasteiger partial charge < -0.3 is 14.6 Å². The normalized spacial score (nSPS) is 12.9. The maximum Gasteiger partial charge on any atom is 0.412 e. The monoisotopic (exact) mass is 548 g/mol. The quantitative estimate of drug-likeness (QED) is 0.269. The Morgan fingerprint density at radius 3 is 2.49 bits per heavy atom. The second kappa shape index (κ2) is 10.4. The van der Waals surface area contributed by atoms with Crippen LogP contribution in [0.2, 0.25) is 0 Å². The van der Waals surface area contributed by atoms with Gasteiger partial charge in [0.15, 0.2) is 5.82 Å². The lowest BCUT2D eigenvalue weighted by Gasteiger charge is -2.30. The van der Waals surface area contributed by atoms with Crippen LogP contribution in [0.25, 0.3) is 31.8 Å². The number of methoxy groups -OCH3 is 1. The summed E-state index contributed by atoms with van der Waals surface area (Å²) in [5.41, 5.74) is 3.22. The Morgan fingerprint density at radius 2 is 1.79 bits per heavy atom. The molecule has 5 aromatic rings.